The molecule has 1 aromatic carbocycles. The summed E-state index contributed by atoms with van der Waals surface area (Å²) in [5.41, 5.74) is 0.974. The van der Waals surface area contributed by atoms with E-state index in [0.717, 1.165) is 22.9 Å². The summed E-state index contributed by atoms with van der Waals surface area (Å²) < 4.78 is 0.993. The van der Waals surface area contributed by atoms with Crippen molar-refractivity contribution in [3.8, 4) is 0 Å². The highest BCUT2D eigenvalue weighted by Gasteiger charge is 2.12. The Morgan fingerprint density at radius 2 is 1.81 bits per heavy atom. The smallest absolute Gasteiger partial charge is 0.306 e. The number of amides is 1. The average Bonchev–Trinajstić information content (AvgIpc) is 2.41. The summed E-state index contributed by atoms with van der Waals surface area (Å²) in [5, 5.41) is 11.8. The molecule has 116 valence electrons. The number of halogens is 1. The highest BCUT2D eigenvalue weighted by Crippen LogP contribution is 2.12. The molecule has 0 aliphatic carbocycles. The molecule has 0 aliphatic heterocycles. The van der Waals surface area contributed by atoms with Crippen molar-refractivity contribution in [2.45, 2.75) is 45.6 Å². The van der Waals surface area contributed by atoms with Crippen LogP contribution in [-0.4, -0.2) is 23.0 Å². The van der Waals surface area contributed by atoms with Crippen LogP contribution in [0.4, 0.5) is 0 Å². The molecule has 0 saturated heterocycles. The Labute approximate surface area is 134 Å². The van der Waals surface area contributed by atoms with Gasteiger partial charge < -0.3 is 10.4 Å². The van der Waals surface area contributed by atoms with E-state index in [1.165, 1.54) is 0 Å². The van der Waals surface area contributed by atoms with Crippen molar-refractivity contribution in [3.05, 3.63) is 34.3 Å². The molecule has 5 heteroatoms. The maximum absolute atomic E-state index is 11.9. The minimum atomic E-state index is -0.762. The van der Waals surface area contributed by atoms with E-state index in [-0.39, 0.29) is 17.9 Å². The molecule has 1 amide bonds. The SMILES string of the molecule is CC(CCCC(C)C(=O)O)NC(=O)Cc1ccc(Br)cc1. The molecule has 0 radical (unpaired) electrons. The third-order valence-electron chi connectivity index (χ3n) is 3.38. The van der Waals surface area contributed by atoms with Gasteiger partial charge in [0.1, 0.15) is 0 Å². The van der Waals surface area contributed by atoms with Crippen molar-refractivity contribution < 1.29 is 14.7 Å². The van der Waals surface area contributed by atoms with Gasteiger partial charge in [-0.05, 0) is 37.5 Å². The van der Waals surface area contributed by atoms with Crippen LogP contribution in [0.5, 0.6) is 0 Å². The molecule has 0 aliphatic rings. The number of carbonyl (C=O) groups is 2. The fourth-order valence-electron chi connectivity index (χ4n) is 2.04. The first kappa shape index (κ1) is 17.7. The zero-order valence-electron chi connectivity index (χ0n) is 12.4. The number of nitrogens with one attached hydrogen (secondary N) is 1. The number of carboxylic acid groups (broad SMARTS) is 1. The molecular formula is C16H22BrNO3. The van der Waals surface area contributed by atoms with Gasteiger partial charge in [0.15, 0.2) is 0 Å². The van der Waals surface area contributed by atoms with Crippen LogP contribution < -0.4 is 5.32 Å². The summed E-state index contributed by atoms with van der Waals surface area (Å²) in [6.45, 7) is 3.66. The second-order valence-corrected chi connectivity index (χ2v) is 6.36. The van der Waals surface area contributed by atoms with Crippen molar-refractivity contribution in [2.24, 2.45) is 5.92 Å². The lowest BCUT2D eigenvalue weighted by atomic mass is 10.0. The summed E-state index contributed by atoms with van der Waals surface area (Å²) in [4.78, 5) is 22.6. The van der Waals surface area contributed by atoms with Gasteiger partial charge in [0, 0.05) is 10.5 Å². The first-order chi connectivity index (χ1) is 9.88. The Bertz CT molecular complexity index is 473. The van der Waals surface area contributed by atoms with E-state index in [0.29, 0.717) is 12.8 Å². The lowest BCUT2D eigenvalue weighted by molar-refractivity contribution is -0.141. The highest BCUT2D eigenvalue weighted by atomic mass is 79.9. The summed E-state index contributed by atoms with van der Waals surface area (Å²) in [6.07, 6.45) is 2.60. The van der Waals surface area contributed by atoms with E-state index in [1.807, 2.05) is 31.2 Å². The molecule has 0 fully saturated rings. The Balaban J connectivity index is 2.27. The summed E-state index contributed by atoms with van der Waals surface area (Å²) in [7, 11) is 0. The normalized spacial score (nSPS) is 13.5. The molecule has 0 aromatic heterocycles. The fourth-order valence-corrected chi connectivity index (χ4v) is 2.30. The minimum Gasteiger partial charge on any atom is -0.481 e. The minimum absolute atomic E-state index is 0.00361. The van der Waals surface area contributed by atoms with Crippen LogP contribution in [0.1, 0.15) is 38.7 Å². The summed E-state index contributed by atoms with van der Waals surface area (Å²) in [6, 6.07) is 7.73. The first-order valence-electron chi connectivity index (χ1n) is 7.15. The topological polar surface area (TPSA) is 66.4 Å². The zero-order chi connectivity index (χ0) is 15.8. The number of hydrogen-bond donors (Lipinski definition) is 2. The van der Waals surface area contributed by atoms with Crippen molar-refractivity contribution in [3.63, 3.8) is 0 Å². The Morgan fingerprint density at radius 1 is 1.19 bits per heavy atom. The third-order valence-corrected chi connectivity index (χ3v) is 3.91. The summed E-state index contributed by atoms with van der Waals surface area (Å²) in [5.74, 6) is -1.09. The van der Waals surface area contributed by atoms with E-state index in [4.69, 9.17) is 5.11 Å². The lowest BCUT2D eigenvalue weighted by Gasteiger charge is -2.14. The number of benzene rings is 1. The van der Waals surface area contributed by atoms with Gasteiger partial charge in [0.05, 0.1) is 12.3 Å². The molecule has 21 heavy (non-hydrogen) atoms. The first-order valence-corrected chi connectivity index (χ1v) is 7.94. The molecule has 0 heterocycles. The van der Waals surface area contributed by atoms with Crippen LogP contribution in [0.3, 0.4) is 0 Å². The predicted octanol–water partition coefficient (Wildman–Crippen LogP) is 3.39. The molecule has 2 unspecified atom stereocenters. The number of hydrogen-bond acceptors (Lipinski definition) is 2. The van der Waals surface area contributed by atoms with Gasteiger partial charge in [-0.1, -0.05) is 41.4 Å². The molecule has 1 rings (SSSR count). The standard InChI is InChI=1S/C16H22BrNO3/c1-11(16(20)21)4-3-5-12(2)18-15(19)10-13-6-8-14(17)9-7-13/h6-9,11-12H,3-5,10H2,1-2H3,(H,18,19)(H,20,21). The second-order valence-electron chi connectivity index (χ2n) is 5.44. The Kier molecular flexibility index (Phi) is 7.43. The number of carbonyl (C=O) groups excluding carboxylic acids is 1. The van der Waals surface area contributed by atoms with Crippen LogP contribution in [0.2, 0.25) is 0 Å². The van der Waals surface area contributed by atoms with Gasteiger partial charge in [0.2, 0.25) is 5.91 Å². The van der Waals surface area contributed by atoms with Crippen molar-refractivity contribution in [1.82, 2.24) is 5.32 Å². The molecule has 4 nitrogen and oxygen atoms in total. The Morgan fingerprint density at radius 3 is 2.38 bits per heavy atom. The molecule has 2 atom stereocenters. The zero-order valence-corrected chi connectivity index (χ0v) is 14.0. The molecule has 1 aromatic rings. The highest BCUT2D eigenvalue weighted by molar-refractivity contribution is 9.10. The van der Waals surface area contributed by atoms with E-state index < -0.39 is 5.97 Å². The van der Waals surface area contributed by atoms with Gasteiger partial charge >= 0.3 is 5.97 Å². The van der Waals surface area contributed by atoms with Crippen LogP contribution in [0.25, 0.3) is 0 Å². The second kappa shape index (κ2) is 8.82. The predicted molar refractivity (Wildman–Crippen MR) is 86.1 cm³/mol. The fraction of sp³-hybridized carbons (Fsp3) is 0.500. The third kappa shape index (κ3) is 7.27. The van der Waals surface area contributed by atoms with E-state index in [1.54, 1.807) is 6.92 Å². The molecular weight excluding hydrogens is 334 g/mol. The monoisotopic (exact) mass is 355 g/mol. The van der Waals surface area contributed by atoms with Gasteiger partial charge in [-0.15, -0.1) is 0 Å². The average molecular weight is 356 g/mol. The van der Waals surface area contributed by atoms with Crippen molar-refractivity contribution in [1.29, 1.82) is 0 Å². The quantitative estimate of drug-likeness (QED) is 0.750. The van der Waals surface area contributed by atoms with Crippen molar-refractivity contribution >= 4 is 27.8 Å². The number of rotatable bonds is 8. The molecule has 0 spiro atoms. The van der Waals surface area contributed by atoms with Gasteiger partial charge in [-0.2, -0.15) is 0 Å². The molecule has 0 saturated carbocycles. The van der Waals surface area contributed by atoms with Crippen molar-refractivity contribution in [2.75, 3.05) is 0 Å². The van der Waals surface area contributed by atoms with Crippen LogP contribution in [0.15, 0.2) is 28.7 Å². The molecule has 0 bridgehead atoms. The maximum atomic E-state index is 11.9. The van der Waals surface area contributed by atoms with E-state index >= 15 is 0 Å². The maximum Gasteiger partial charge on any atom is 0.306 e. The largest absolute Gasteiger partial charge is 0.481 e. The lowest BCUT2D eigenvalue weighted by Crippen LogP contribution is -2.33. The van der Waals surface area contributed by atoms with Gasteiger partial charge in [-0.3, -0.25) is 9.59 Å². The summed E-state index contributed by atoms with van der Waals surface area (Å²) >= 11 is 3.36. The number of carboxylic acids is 1. The van der Waals surface area contributed by atoms with Gasteiger partial charge in [0.25, 0.3) is 0 Å². The van der Waals surface area contributed by atoms with Gasteiger partial charge in [-0.25, -0.2) is 0 Å². The van der Waals surface area contributed by atoms with E-state index in [9.17, 15) is 9.59 Å². The molecule has 2 N–H and O–H groups in total. The Hall–Kier alpha value is -1.36. The van der Waals surface area contributed by atoms with Crippen LogP contribution in [-0.2, 0) is 16.0 Å². The number of aliphatic carboxylic acids is 1. The van der Waals surface area contributed by atoms with E-state index in [2.05, 4.69) is 21.2 Å². The van der Waals surface area contributed by atoms with Crippen LogP contribution >= 0.6 is 15.9 Å². The van der Waals surface area contributed by atoms with Crippen LogP contribution in [0, 0.1) is 5.92 Å².